The van der Waals surface area contributed by atoms with Crippen molar-refractivity contribution in [2.45, 2.75) is 13.0 Å². The fourth-order valence-electron chi connectivity index (χ4n) is 1.40. The number of methoxy groups -OCH3 is 1. The minimum Gasteiger partial charge on any atom is -0.755 e. The van der Waals surface area contributed by atoms with Gasteiger partial charge in [-0.2, -0.15) is 0 Å². The van der Waals surface area contributed by atoms with E-state index in [-0.39, 0.29) is 17.0 Å². The van der Waals surface area contributed by atoms with Gasteiger partial charge >= 0.3 is 0 Å². The number of ketones is 1. The molecule has 0 heterocycles. The minimum absolute atomic E-state index is 0.134. The molecule has 2 atom stereocenters. The average Bonchev–Trinajstić information content (AvgIpc) is 2.37. The van der Waals surface area contributed by atoms with Crippen LogP contribution >= 0.6 is 0 Å². The van der Waals surface area contributed by atoms with Crippen LogP contribution in [0.4, 0.5) is 5.69 Å². The van der Waals surface area contributed by atoms with Crippen molar-refractivity contribution >= 4 is 22.7 Å². The van der Waals surface area contributed by atoms with Gasteiger partial charge in [-0.1, -0.05) is 5.11 Å². The molecule has 0 saturated carbocycles. The van der Waals surface area contributed by atoms with E-state index in [1.807, 2.05) is 0 Å². The molecular weight excluding hydrogens is 272 g/mol. The molecule has 0 aliphatic rings. The zero-order chi connectivity index (χ0) is 14.4. The predicted octanol–water partition coefficient (Wildman–Crippen LogP) is 1.78. The van der Waals surface area contributed by atoms with E-state index in [2.05, 4.69) is 14.7 Å². The third kappa shape index (κ3) is 3.95. The number of carbonyl (C=O) groups is 1. The number of nitrogens with zero attached hydrogens (tertiary/aromatic N) is 3. The lowest BCUT2D eigenvalue weighted by Gasteiger charge is -2.14. The van der Waals surface area contributed by atoms with Crippen LogP contribution in [-0.4, -0.2) is 27.7 Å². The maximum atomic E-state index is 11.9. The Morgan fingerprint density at radius 3 is 2.84 bits per heavy atom. The van der Waals surface area contributed by atoms with Crippen LogP contribution in [0.3, 0.4) is 0 Å². The summed E-state index contributed by atoms with van der Waals surface area (Å²) in [5.41, 5.74) is 8.63. The maximum absolute atomic E-state index is 11.9. The van der Waals surface area contributed by atoms with Gasteiger partial charge < -0.3 is 14.0 Å². The van der Waals surface area contributed by atoms with Crippen LogP contribution in [-0.2, 0) is 11.3 Å². The molecule has 2 unspecified atom stereocenters. The molecule has 0 aliphatic heterocycles. The number of nitrogens with one attached hydrogen (secondary N) is 1. The van der Waals surface area contributed by atoms with Crippen molar-refractivity contribution < 1.29 is 18.3 Å². The third-order valence-electron chi connectivity index (χ3n) is 2.28. The number of hydrogen-bond acceptors (Lipinski definition) is 5. The average molecular weight is 283 g/mol. The second-order valence-corrected chi connectivity index (χ2v) is 4.17. The molecular formula is C10H11N4O4S-. The minimum atomic E-state index is -2.54. The van der Waals surface area contributed by atoms with Gasteiger partial charge in [-0.15, -0.1) is 0 Å². The summed E-state index contributed by atoms with van der Waals surface area (Å²) in [5.74, 6) is -0.141. The first-order chi connectivity index (χ1) is 8.99. The van der Waals surface area contributed by atoms with E-state index in [0.717, 1.165) is 0 Å². The molecule has 19 heavy (non-hydrogen) atoms. The second-order valence-electron chi connectivity index (χ2n) is 3.50. The molecule has 0 aromatic heterocycles. The lowest BCUT2D eigenvalue weighted by Crippen LogP contribution is -2.14. The van der Waals surface area contributed by atoms with Crippen LogP contribution in [0.1, 0.15) is 17.3 Å². The summed E-state index contributed by atoms with van der Waals surface area (Å²) in [7, 11) is 1.37. The molecule has 0 spiro atoms. The van der Waals surface area contributed by atoms with Crippen molar-refractivity contribution in [1.29, 1.82) is 0 Å². The number of carbonyl (C=O) groups excluding carboxylic acids is 1. The van der Waals surface area contributed by atoms with Crippen LogP contribution in [0.5, 0.6) is 5.75 Å². The van der Waals surface area contributed by atoms with E-state index < -0.39 is 23.1 Å². The first-order valence-electron chi connectivity index (χ1n) is 5.12. The Hall–Kier alpha value is -2.09. The van der Waals surface area contributed by atoms with Gasteiger partial charge in [0.15, 0.2) is 5.78 Å². The summed E-state index contributed by atoms with van der Waals surface area (Å²) in [5, 5.41) is 3.29. The lowest BCUT2D eigenvalue weighted by atomic mass is 10.1. The SMILES string of the molecule is COc1ccc(C(=O)C(C)N=[N+]=[N-])cc1NS(=O)[O-]. The number of azide groups is 1. The maximum Gasteiger partial charge on any atom is 0.171 e. The molecule has 1 rings (SSSR count). The number of ether oxygens (including phenoxy) is 1. The van der Waals surface area contributed by atoms with Crippen LogP contribution in [0.25, 0.3) is 10.4 Å². The predicted molar refractivity (Wildman–Crippen MR) is 68.5 cm³/mol. The van der Waals surface area contributed by atoms with Crippen LogP contribution < -0.4 is 9.46 Å². The van der Waals surface area contributed by atoms with Crippen LogP contribution in [0, 0.1) is 0 Å². The van der Waals surface area contributed by atoms with Gasteiger partial charge in [-0.3, -0.25) is 9.00 Å². The number of Topliss-reactive ketones (excluding diaryl/α,β-unsaturated/α-hetero) is 1. The first kappa shape index (κ1) is 15.0. The highest BCUT2D eigenvalue weighted by Gasteiger charge is 2.15. The third-order valence-corrected chi connectivity index (χ3v) is 2.67. The van der Waals surface area contributed by atoms with Gasteiger partial charge in [0.05, 0.1) is 18.8 Å². The Morgan fingerprint density at radius 2 is 2.32 bits per heavy atom. The van der Waals surface area contributed by atoms with Crippen molar-refractivity contribution in [1.82, 2.24) is 0 Å². The summed E-state index contributed by atoms with van der Waals surface area (Å²) in [6, 6.07) is 3.36. The zero-order valence-corrected chi connectivity index (χ0v) is 11.0. The molecule has 8 nitrogen and oxygen atoms in total. The Labute approximate surface area is 111 Å². The lowest BCUT2D eigenvalue weighted by molar-refractivity contribution is 0.0968. The molecule has 0 bridgehead atoms. The molecule has 1 aromatic rings. The Balaban J connectivity index is 3.13. The topological polar surface area (TPSA) is 127 Å². The quantitative estimate of drug-likeness (QED) is 0.280. The number of benzene rings is 1. The van der Waals surface area contributed by atoms with Gasteiger partial charge in [-0.05, 0) is 30.7 Å². The first-order valence-corrected chi connectivity index (χ1v) is 6.19. The molecule has 9 heteroatoms. The smallest absolute Gasteiger partial charge is 0.171 e. The Morgan fingerprint density at radius 1 is 1.63 bits per heavy atom. The fraction of sp³-hybridized carbons (Fsp3) is 0.300. The van der Waals surface area contributed by atoms with Crippen molar-refractivity contribution in [3.05, 3.63) is 34.2 Å². The standard InChI is InChI=1S/C10H12N4O4S/c1-6(12-14-11)10(15)7-3-4-9(18-2)8(5-7)13-19(16)17/h3-6,13H,1-2H3,(H,16,17)/p-1. The molecule has 0 amide bonds. The van der Waals surface area contributed by atoms with Gasteiger partial charge in [0, 0.05) is 21.7 Å². The van der Waals surface area contributed by atoms with Gasteiger partial charge in [0.1, 0.15) is 5.75 Å². The summed E-state index contributed by atoms with van der Waals surface area (Å²) in [6.07, 6.45) is 0. The summed E-state index contributed by atoms with van der Waals surface area (Å²) in [6.45, 7) is 1.45. The highest BCUT2D eigenvalue weighted by molar-refractivity contribution is 7.80. The monoisotopic (exact) mass is 283 g/mol. The van der Waals surface area contributed by atoms with Gasteiger partial charge in [0.2, 0.25) is 0 Å². The molecule has 0 fully saturated rings. The van der Waals surface area contributed by atoms with Crippen LogP contribution in [0.15, 0.2) is 23.3 Å². The van der Waals surface area contributed by atoms with E-state index in [1.165, 1.54) is 32.2 Å². The molecule has 1 aromatic carbocycles. The fourth-order valence-corrected chi connectivity index (χ4v) is 1.74. The molecule has 102 valence electrons. The number of rotatable bonds is 6. The normalized spacial score (nSPS) is 13.0. The largest absolute Gasteiger partial charge is 0.755 e. The highest BCUT2D eigenvalue weighted by atomic mass is 32.2. The van der Waals surface area contributed by atoms with E-state index >= 15 is 0 Å². The van der Waals surface area contributed by atoms with Gasteiger partial charge in [0.25, 0.3) is 0 Å². The Bertz CT molecular complexity index is 556. The summed E-state index contributed by atoms with van der Waals surface area (Å²) < 4.78 is 28.4. The number of hydrogen-bond donors (Lipinski definition) is 1. The molecule has 0 radical (unpaired) electrons. The van der Waals surface area contributed by atoms with E-state index in [0.29, 0.717) is 0 Å². The van der Waals surface area contributed by atoms with E-state index in [1.54, 1.807) is 0 Å². The molecule has 0 saturated heterocycles. The summed E-state index contributed by atoms with van der Waals surface area (Å²) in [4.78, 5) is 14.4. The van der Waals surface area contributed by atoms with E-state index in [9.17, 15) is 13.6 Å². The van der Waals surface area contributed by atoms with Crippen molar-refractivity contribution in [2.75, 3.05) is 11.8 Å². The second kappa shape index (κ2) is 6.74. The van der Waals surface area contributed by atoms with Gasteiger partial charge in [-0.25, -0.2) is 0 Å². The van der Waals surface area contributed by atoms with Crippen LogP contribution in [0.2, 0.25) is 0 Å². The van der Waals surface area contributed by atoms with Crippen molar-refractivity contribution in [3.8, 4) is 5.75 Å². The number of anilines is 1. The van der Waals surface area contributed by atoms with Crippen molar-refractivity contribution in [2.24, 2.45) is 5.11 Å². The Kier molecular flexibility index (Phi) is 5.31. The zero-order valence-electron chi connectivity index (χ0n) is 10.2. The summed E-state index contributed by atoms with van der Waals surface area (Å²) >= 11 is -2.54. The molecule has 0 aliphatic carbocycles. The van der Waals surface area contributed by atoms with Crippen molar-refractivity contribution in [3.63, 3.8) is 0 Å². The van der Waals surface area contributed by atoms with E-state index in [4.69, 9.17) is 10.3 Å². The highest BCUT2D eigenvalue weighted by Crippen LogP contribution is 2.26. The molecule has 1 N–H and O–H groups in total.